The summed E-state index contributed by atoms with van der Waals surface area (Å²) in [5.41, 5.74) is 9.22. The highest BCUT2D eigenvalue weighted by atomic mass is 32.1. The van der Waals surface area contributed by atoms with Gasteiger partial charge in [0, 0.05) is 23.2 Å². The normalized spacial score (nSPS) is 12.8. The molecule has 0 amide bonds. The number of likely N-dealkylation sites (N-methyl/N-ethyl adjacent to an activating group) is 1. The summed E-state index contributed by atoms with van der Waals surface area (Å²) in [4.78, 5) is 3.85. The number of hydrogen-bond donors (Lipinski definition) is 1. The summed E-state index contributed by atoms with van der Waals surface area (Å²) in [5, 5.41) is 2.14. The molecule has 0 spiro atoms. The van der Waals surface area contributed by atoms with Crippen LogP contribution in [-0.2, 0) is 13.0 Å². The van der Waals surface area contributed by atoms with Gasteiger partial charge in [-0.3, -0.25) is 4.90 Å². The number of nitrogens with zero attached hydrogens (tertiary/aromatic N) is 1. The number of benzene rings is 1. The summed E-state index contributed by atoms with van der Waals surface area (Å²) in [7, 11) is 2.18. The fourth-order valence-corrected chi connectivity index (χ4v) is 2.98. The van der Waals surface area contributed by atoms with Crippen LogP contribution in [-0.4, -0.2) is 18.0 Å². The van der Waals surface area contributed by atoms with Crippen LogP contribution in [0.3, 0.4) is 0 Å². The summed E-state index contributed by atoms with van der Waals surface area (Å²) in [5.74, 6) is 0. The fraction of sp³-hybridized carbons (Fsp3) is 0.375. The van der Waals surface area contributed by atoms with E-state index in [0.29, 0.717) is 6.04 Å². The quantitative estimate of drug-likeness (QED) is 0.842. The lowest BCUT2D eigenvalue weighted by atomic mass is 10.1. The summed E-state index contributed by atoms with van der Waals surface area (Å²) >= 11 is 1.84. The Bertz CT molecular complexity index is 520. The Morgan fingerprint density at radius 3 is 2.74 bits per heavy atom. The summed E-state index contributed by atoms with van der Waals surface area (Å²) in [6.45, 7) is 5.31. The molecule has 0 radical (unpaired) electrons. The molecule has 0 aliphatic heterocycles. The number of rotatable bonds is 5. The third kappa shape index (κ3) is 3.82. The minimum Gasteiger partial charge on any atom is -0.399 e. The number of nitrogen functional groups attached to an aromatic ring is 1. The number of aryl methyl sites for hydroxylation is 1. The molecule has 1 aromatic heterocycles. The van der Waals surface area contributed by atoms with Crippen LogP contribution in [0.4, 0.5) is 5.69 Å². The number of anilines is 1. The lowest BCUT2D eigenvalue weighted by molar-refractivity contribution is 0.249. The molecule has 2 aromatic rings. The second-order valence-electron chi connectivity index (χ2n) is 5.24. The van der Waals surface area contributed by atoms with E-state index in [1.165, 1.54) is 10.4 Å². The van der Waals surface area contributed by atoms with Crippen molar-refractivity contribution in [2.45, 2.75) is 32.9 Å². The van der Waals surface area contributed by atoms with Crippen LogP contribution in [0, 0.1) is 6.92 Å². The SMILES string of the molecule is Cc1cc(CN(C)C(C)Cc2cccs2)ccc1N. The molecule has 0 fully saturated rings. The second-order valence-corrected chi connectivity index (χ2v) is 6.27. The molecule has 2 nitrogen and oxygen atoms in total. The van der Waals surface area contributed by atoms with E-state index in [4.69, 9.17) is 5.73 Å². The maximum atomic E-state index is 5.86. The molecule has 3 heteroatoms. The zero-order valence-corrected chi connectivity index (χ0v) is 12.7. The Labute approximate surface area is 119 Å². The predicted molar refractivity (Wildman–Crippen MR) is 84.5 cm³/mol. The van der Waals surface area contributed by atoms with Crippen LogP contribution in [0.1, 0.15) is 22.9 Å². The van der Waals surface area contributed by atoms with Crippen LogP contribution in [0.2, 0.25) is 0 Å². The van der Waals surface area contributed by atoms with E-state index in [1.807, 2.05) is 17.4 Å². The van der Waals surface area contributed by atoms with Crippen molar-refractivity contribution in [1.29, 1.82) is 0 Å². The molecule has 0 aliphatic carbocycles. The number of nitrogens with two attached hydrogens (primary N) is 1. The van der Waals surface area contributed by atoms with Gasteiger partial charge in [0.1, 0.15) is 0 Å². The molecule has 0 saturated carbocycles. The number of thiophene rings is 1. The fourth-order valence-electron chi connectivity index (χ4n) is 2.16. The van der Waals surface area contributed by atoms with E-state index in [1.54, 1.807) is 0 Å². The molecule has 1 aromatic carbocycles. The minimum atomic E-state index is 0.538. The van der Waals surface area contributed by atoms with Crippen molar-refractivity contribution in [3.05, 3.63) is 51.7 Å². The first-order valence-corrected chi connectivity index (χ1v) is 7.52. The van der Waals surface area contributed by atoms with Crippen molar-refractivity contribution in [3.63, 3.8) is 0 Å². The van der Waals surface area contributed by atoms with Gasteiger partial charge < -0.3 is 5.73 Å². The van der Waals surface area contributed by atoms with E-state index < -0.39 is 0 Å². The van der Waals surface area contributed by atoms with Gasteiger partial charge in [-0.2, -0.15) is 0 Å². The van der Waals surface area contributed by atoms with E-state index in [-0.39, 0.29) is 0 Å². The maximum absolute atomic E-state index is 5.86. The van der Waals surface area contributed by atoms with Crippen molar-refractivity contribution < 1.29 is 0 Å². The number of hydrogen-bond acceptors (Lipinski definition) is 3. The molecule has 1 heterocycles. The highest BCUT2D eigenvalue weighted by molar-refractivity contribution is 7.09. The third-order valence-electron chi connectivity index (χ3n) is 3.60. The Morgan fingerprint density at radius 2 is 2.11 bits per heavy atom. The standard InChI is InChI=1S/C16H22N2S/c1-12-9-14(6-7-16(12)17)11-18(3)13(2)10-15-5-4-8-19-15/h4-9,13H,10-11,17H2,1-3H3. The zero-order valence-electron chi connectivity index (χ0n) is 11.9. The van der Waals surface area contributed by atoms with Gasteiger partial charge in [-0.1, -0.05) is 18.2 Å². The van der Waals surface area contributed by atoms with Gasteiger partial charge >= 0.3 is 0 Å². The maximum Gasteiger partial charge on any atom is 0.0343 e. The smallest absolute Gasteiger partial charge is 0.0343 e. The monoisotopic (exact) mass is 274 g/mol. The van der Waals surface area contributed by atoms with Crippen molar-refractivity contribution in [2.24, 2.45) is 0 Å². The highest BCUT2D eigenvalue weighted by Crippen LogP contribution is 2.17. The van der Waals surface area contributed by atoms with Crippen LogP contribution in [0.15, 0.2) is 35.7 Å². The first kappa shape index (κ1) is 14.1. The minimum absolute atomic E-state index is 0.538. The van der Waals surface area contributed by atoms with Crippen LogP contribution >= 0.6 is 11.3 Å². The molecule has 102 valence electrons. The average molecular weight is 274 g/mol. The topological polar surface area (TPSA) is 29.3 Å². The summed E-state index contributed by atoms with van der Waals surface area (Å²) in [6.07, 6.45) is 1.11. The lowest BCUT2D eigenvalue weighted by Gasteiger charge is -2.24. The average Bonchev–Trinajstić information content (AvgIpc) is 2.86. The summed E-state index contributed by atoms with van der Waals surface area (Å²) < 4.78 is 0. The van der Waals surface area contributed by atoms with E-state index in [0.717, 1.165) is 24.2 Å². The molecule has 2 N–H and O–H groups in total. The van der Waals surface area contributed by atoms with Crippen molar-refractivity contribution in [1.82, 2.24) is 4.90 Å². The molecular weight excluding hydrogens is 252 g/mol. The second kappa shape index (κ2) is 6.22. The largest absolute Gasteiger partial charge is 0.399 e. The molecule has 0 saturated heterocycles. The van der Waals surface area contributed by atoms with Gasteiger partial charge in [0.25, 0.3) is 0 Å². The van der Waals surface area contributed by atoms with Crippen molar-refractivity contribution in [2.75, 3.05) is 12.8 Å². The van der Waals surface area contributed by atoms with Crippen molar-refractivity contribution in [3.8, 4) is 0 Å². The predicted octanol–water partition coefficient (Wildman–Crippen LogP) is 3.70. The Hall–Kier alpha value is -1.32. The van der Waals surface area contributed by atoms with E-state index in [2.05, 4.69) is 55.4 Å². The van der Waals surface area contributed by atoms with Gasteiger partial charge in [-0.25, -0.2) is 0 Å². The zero-order chi connectivity index (χ0) is 13.8. The van der Waals surface area contributed by atoms with Crippen molar-refractivity contribution >= 4 is 17.0 Å². The Morgan fingerprint density at radius 1 is 1.32 bits per heavy atom. The van der Waals surface area contributed by atoms with Crippen LogP contribution in [0.25, 0.3) is 0 Å². The molecule has 0 bridgehead atoms. The van der Waals surface area contributed by atoms with E-state index in [9.17, 15) is 0 Å². The molecular formula is C16H22N2S. The van der Waals surface area contributed by atoms with Crippen LogP contribution in [0.5, 0.6) is 0 Å². The van der Waals surface area contributed by atoms with Crippen LogP contribution < -0.4 is 5.73 Å². The molecule has 2 rings (SSSR count). The van der Waals surface area contributed by atoms with Gasteiger partial charge in [0.05, 0.1) is 0 Å². The highest BCUT2D eigenvalue weighted by Gasteiger charge is 2.11. The van der Waals surface area contributed by atoms with Gasteiger partial charge in [0.15, 0.2) is 0 Å². The van der Waals surface area contributed by atoms with Gasteiger partial charge in [-0.05, 0) is 56.0 Å². The first-order valence-electron chi connectivity index (χ1n) is 6.64. The molecule has 19 heavy (non-hydrogen) atoms. The molecule has 0 aliphatic rings. The molecule has 1 atom stereocenters. The van der Waals surface area contributed by atoms with Gasteiger partial charge in [-0.15, -0.1) is 11.3 Å². The lowest BCUT2D eigenvalue weighted by Crippen LogP contribution is -2.30. The Balaban J connectivity index is 1.96. The Kier molecular flexibility index (Phi) is 4.61. The van der Waals surface area contributed by atoms with Gasteiger partial charge in [0.2, 0.25) is 0 Å². The van der Waals surface area contributed by atoms with E-state index >= 15 is 0 Å². The molecule has 1 unspecified atom stereocenters. The summed E-state index contributed by atoms with van der Waals surface area (Å²) in [6, 6.07) is 11.2. The first-order chi connectivity index (χ1) is 9.06. The third-order valence-corrected chi connectivity index (χ3v) is 4.49.